The van der Waals surface area contributed by atoms with Crippen molar-refractivity contribution in [3.05, 3.63) is 76.6 Å². The van der Waals surface area contributed by atoms with Crippen LogP contribution >= 0.6 is 11.3 Å². The van der Waals surface area contributed by atoms with Crippen LogP contribution in [0, 0.1) is 5.51 Å². The molecule has 0 aliphatic carbocycles. The van der Waals surface area contributed by atoms with Crippen molar-refractivity contribution in [2.45, 2.75) is 26.3 Å². The van der Waals surface area contributed by atoms with Crippen LogP contribution in [0.2, 0.25) is 0 Å². The largest absolute Gasteiger partial charge is 0.352 e. The highest BCUT2D eigenvalue weighted by molar-refractivity contribution is 7.07. The molecule has 0 aliphatic heterocycles. The first-order chi connectivity index (χ1) is 13.3. The number of hydrogen-bond acceptors (Lipinski definition) is 5. The number of aromatic amines is 1. The van der Waals surface area contributed by atoms with E-state index in [0.29, 0.717) is 0 Å². The zero-order chi connectivity index (χ0) is 18.5. The highest BCUT2D eigenvalue weighted by Crippen LogP contribution is 2.18. The maximum absolute atomic E-state index is 4.51. The molecule has 0 saturated carbocycles. The molecule has 7 heteroatoms. The lowest BCUT2D eigenvalue weighted by atomic mass is 10.2. The summed E-state index contributed by atoms with van der Waals surface area (Å²) in [6, 6.07) is 12.3. The molecule has 27 heavy (non-hydrogen) atoms. The van der Waals surface area contributed by atoms with Gasteiger partial charge in [0.1, 0.15) is 5.82 Å². The molecule has 0 bridgehead atoms. The fourth-order valence-electron chi connectivity index (χ4n) is 2.93. The molecule has 0 spiro atoms. The smallest absolute Gasteiger partial charge is 0.152 e. The first-order valence-corrected chi connectivity index (χ1v) is 9.88. The summed E-state index contributed by atoms with van der Waals surface area (Å²) in [6.45, 7) is 3.71. The number of anilines is 1. The average molecular weight is 377 g/mol. The summed E-state index contributed by atoms with van der Waals surface area (Å²) in [5.41, 5.74) is 7.26. The lowest BCUT2D eigenvalue weighted by molar-refractivity contribution is 0.757. The second kappa shape index (κ2) is 8.18. The van der Waals surface area contributed by atoms with Crippen LogP contribution < -0.4 is 4.90 Å². The molecular weight excluding hydrogens is 356 g/mol. The summed E-state index contributed by atoms with van der Waals surface area (Å²) < 4.78 is 1.91. The molecule has 4 rings (SSSR count). The Balaban J connectivity index is 1.52. The Morgan fingerprint density at radius 3 is 2.85 bits per heavy atom. The molecular formula is C20H21N6S. The molecule has 4 aromatic rings. The minimum absolute atomic E-state index is 0.756. The van der Waals surface area contributed by atoms with Gasteiger partial charge < -0.3 is 4.90 Å². The maximum Gasteiger partial charge on any atom is 0.152 e. The summed E-state index contributed by atoms with van der Waals surface area (Å²) in [5, 5.41) is 14.1. The summed E-state index contributed by atoms with van der Waals surface area (Å²) in [5.74, 6) is 1.03. The molecule has 6 nitrogen and oxygen atoms in total. The molecule has 3 aromatic heterocycles. The van der Waals surface area contributed by atoms with Crippen molar-refractivity contribution in [1.82, 2.24) is 25.0 Å². The predicted octanol–water partition coefficient (Wildman–Crippen LogP) is 3.66. The zero-order valence-corrected chi connectivity index (χ0v) is 16.0. The van der Waals surface area contributed by atoms with Gasteiger partial charge >= 0.3 is 0 Å². The molecule has 1 aromatic carbocycles. The van der Waals surface area contributed by atoms with E-state index in [4.69, 9.17) is 0 Å². The lowest BCUT2D eigenvalue weighted by Crippen LogP contribution is -2.25. The molecule has 0 fully saturated rings. The van der Waals surface area contributed by atoms with E-state index in [-0.39, 0.29) is 0 Å². The second-order valence-corrected chi connectivity index (χ2v) is 6.98. The number of nitrogens with zero attached hydrogens (tertiary/aromatic N) is 5. The third-order valence-electron chi connectivity index (χ3n) is 4.43. The number of H-pyrrole nitrogens is 1. The van der Waals surface area contributed by atoms with Crippen LogP contribution in [0.5, 0.6) is 0 Å². The van der Waals surface area contributed by atoms with Crippen molar-refractivity contribution < 1.29 is 0 Å². The Kier molecular flexibility index (Phi) is 5.29. The molecule has 3 heterocycles. The molecule has 0 saturated heterocycles. The normalized spacial score (nSPS) is 11.0. The number of rotatable bonds is 8. The predicted molar refractivity (Wildman–Crippen MR) is 107 cm³/mol. The van der Waals surface area contributed by atoms with Gasteiger partial charge in [-0.1, -0.05) is 25.1 Å². The van der Waals surface area contributed by atoms with Gasteiger partial charge in [0.25, 0.3) is 0 Å². The van der Waals surface area contributed by atoms with Crippen LogP contribution in [0.4, 0.5) is 5.82 Å². The van der Waals surface area contributed by atoms with Gasteiger partial charge in [-0.05, 0) is 18.6 Å². The Hall–Kier alpha value is -2.93. The van der Waals surface area contributed by atoms with E-state index in [9.17, 15) is 0 Å². The third kappa shape index (κ3) is 4.25. The van der Waals surface area contributed by atoms with Crippen molar-refractivity contribution >= 4 is 17.2 Å². The van der Waals surface area contributed by atoms with Crippen LogP contribution in [0.1, 0.15) is 23.9 Å². The quantitative estimate of drug-likeness (QED) is 0.509. The summed E-state index contributed by atoms with van der Waals surface area (Å²) >= 11 is 1.51. The van der Waals surface area contributed by atoms with Gasteiger partial charge in [0.15, 0.2) is 5.51 Å². The van der Waals surface area contributed by atoms with Gasteiger partial charge in [-0.2, -0.15) is 10.2 Å². The van der Waals surface area contributed by atoms with Crippen LogP contribution in [-0.4, -0.2) is 31.5 Å². The molecule has 0 atom stereocenters. The standard InChI is InChI=1S/C20H21N6S/c1-2-17-10-20(24-23-17)25(9-8-18-14-27-15-21-18)12-16-11-22-26(13-16)19-6-4-3-5-7-19/h3-7,10-11,13-14H,2,8-9,12H2,1H3,(H,23,24). The van der Waals surface area contributed by atoms with E-state index >= 15 is 0 Å². The first kappa shape index (κ1) is 17.5. The van der Waals surface area contributed by atoms with Crippen molar-refractivity contribution in [2.24, 2.45) is 0 Å². The fraction of sp³-hybridized carbons (Fsp3) is 0.250. The molecule has 137 valence electrons. The van der Waals surface area contributed by atoms with Crippen LogP contribution in [0.3, 0.4) is 0 Å². The number of para-hydroxylation sites is 1. The van der Waals surface area contributed by atoms with E-state index in [2.05, 4.69) is 67.4 Å². The van der Waals surface area contributed by atoms with Crippen molar-refractivity contribution in [2.75, 3.05) is 11.4 Å². The molecule has 0 unspecified atom stereocenters. The average Bonchev–Trinajstić information content (AvgIpc) is 3.47. The van der Waals surface area contributed by atoms with Gasteiger partial charge in [-0.25, -0.2) is 9.67 Å². The molecule has 0 amide bonds. The first-order valence-electron chi connectivity index (χ1n) is 9.00. The van der Waals surface area contributed by atoms with Gasteiger partial charge in [-0.15, -0.1) is 11.3 Å². The topological polar surface area (TPSA) is 62.6 Å². The Labute approximate surface area is 162 Å². The number of aryl methyl sites for hydroxylation is 1. The van der Waals surface area contributed by atoms with E-state index in [1.807, 2.05) is 29.1 Å². The molecule has 1 N–H and O–H groups in total. The van der Waals surface area contributed by atoms with E-state index in [1.165, 1.54) is 11.3 Å². The number of aromatic nitrogens is 5. The van der Waals surface area contributed by atoms with Crippen molar-refractivity contribution in [3.8, 4) is 5.69 Å². The number of benzene rings is 1. The minimum atomic E-state index is 0.756. The van der Waals surface area contributed by atoms with Gasteiger partial charge in [0, 0.05) is 42.7 Å². The van der Waals surface area contributed by atoms with Gasteiger partial charge in [0.2, 0.25) is 0 Å². The molecule has 1 radical (unpaired) electrons. The monoisotopic (exact) mass is 377 g/mol. The van der Waals surface area contributed by atoms with Crippen molar-refractivity contribution in [3.63, 3.8) is 0 Å². The zero-order valence-electron chi connectivity index (χ0n) is 15.2. The van der Waals surface area contributed by atoms with Crippen LogP contribution in [0.15, 0.2) is 54.2 Å². The lowest BCUT2D eigenvalue weighted by Gasteiger charge is -2.21. The van der Waals surface area contributed by atoms with E-state index in [1.54, 1.807) is 0 Å². The van der Waals surface area contributed by atoms with Gasteiger partial charge in [-0.3, -0.25) is 5.10 Å². The highest BCUT2D eigenvalue weighted by Gasteiger charge is 2.13. The maximum atomic E-state index is 4.51. The Bertz CT molecular complexity index is 957. The third-order valence-corrected chi connectivity index (χ3v) is 5.01. The number of nitrogens with one attached hydrogen (secondary N) is 1. The van der Waals surface area contributed by atoms with E-state index < -0.39 is 0 Å². The summed E-state index contributed by atoms with van der Waals surface area (Å²) in [4.78, 5) is 6.57. The second-order valence-electron chi connectivity index (χ2n) is 6.33. The number of hydrogen-bond donors (Lipinski definition) is 1. The fourth-order valence-corrected chi connectivity index (χ4v) is 3.46. The highest BCUT2D eigenvalue weighted by atomic mass is 32.1. The summed E-state index contributed by atoms with van der Waals surface area (Å²) in [7, 11) is 0. The Morgan fingerprint density at radius 1 is 1.22 bits per heavy atom. The summed E-state index contributed by atoms with van der Waals surface area (Å²) in [6.07, 6.45) is 5.79. The molecule has 0 aliphatic rings. The van der Waals surface area contributed by atoms with Gasteiger partial charge in [0.05, 0.1) is 23.3 Å². The van der Waals surface area contributed by atoms with Crippen molar-refractivity contribution in [1.29, 1.82) is 0 Å². The SMILES string of the molecule is CCc1cc(N(CCc2cs[c]n2)Cc2cnn(-c3ccccc3)c2)[nH]n1. The number of thiazole rings is 1. The van der Waals surface area contributed by atoms with Crippen LogP contribution in [0.25, 0.3) is 5.69 Å². The van der Waals surface area contributed by atoms with Crippen LogP contribution in [-0.2, 0) is 19.4 Å². The minimum Gasteiger partial charge on any atom is -0.352 e. The Morgan fingerprint density at radius 2 is 2.11 bits per heavy atom. The van der Waals surface area contributed by atoms with E-state index in [0.717, 1.165) is 54.4 Å².